The summed E-state index contributed by atoms with van der Waals surface area (Å²) >= 11 is 6.18. The van der Waals surface area contributed by atoms with E-state index in [1.807, 2.05) is 12.1 Å². The fourth-order valence-corrected chi connectivity index (χ4v) is 2.15. The first-order chi connectivity index (χ1) is 7.27. The maximum Gasteiger partial charge on any atom is 0.126 e. The molecule has 1 heterocycles. The zero-order valence-corrected chi connectivity index (χ0v) is 9.21. The van der Waals surface area contributed by atoms with Gasteiger partial charge in [-0.2, -0.15) is 0 Å². The first kappa shape index (κ1) is 10.9. The van der Waals surface area contributed by atoms with Crippen molar-refractivity contribution >= 4 is 11.6 Å². The van der Waals surface area contributed by atoms with Gasteiger partial charge in [0.05, 0.1) is 6.61 Å². The van der Waals surface area contributed by atoms with Crippen LogP contribution < -0.4 is 0 Å². The largest absolute Gasteiger partial charge is 0.381 e. The third-order valence-corrected chi connectivity index (χ3v) is 3.40. The lowest BCUT2D eigenvalue weighted by Gasteiger charge is -2.27. The molecule has 0 amide bonds. The zero-order chi connectivity index (χ0) is 10.7. The van der Waals surface area contributed by atoms with Gasteiger partial charge in [0.1, 0.15) is 5.82 Å². The molecule has 0 bridgehead atoms. The Morgan fingerprint density at radius 2 is 2.20 bits per heavy atom. The van der Waals surface area contributed by atoms with Crippen LogP contribution in [-0.2, 0) is 11.2 Å². The Labute approximate surface area is 94.2 Å². The average Bonchev–Trinajstić information content (AvgIpc) is 2.24. The van der Waals surface area contributed by atoms with Crippen LogP contribution in [0, 0.1) is 11.7 Å². The molecule has 2 atom stereocenters. The Kier molecular flexibility index (Phi) is 3.60. The van der Waals surface area contributed by atoms with Crippen molar-refractivity contribution in [2.75, 3.05) is 13.2 Å². The smallest absolute Gasteiger partial charge is 0.126 e. The highest BCUT2D eigenvalue weighted by atomic mass is 35.5. The summed E-state index contributed by atoms with van der Waals surface area (Å²) in [6, 6.07) is 6.86. The van der Waals surface area contributed by atoms with E-state index in [-0.39, 0.29) is 17.1 Å². The first-order valence-electron chi connectivity index (χ1n) is 5.22. The van der Waals surface area contributed by atoms with Crippen molar-refractivity contribution < 1.29 is 9.13 Å². The van der Waals surface area contributed by atoms with Crippen molar-refractivity contribution in [2.24, 2.45) is 5.92 Å². The van der Waals surface area contributed by atoms with E-state index in [0.717, 1.165) is 18.6 Å². The van der Waals surface area contributed by atoms with Crippen LogP contribution in [-0.4, -0.2) is 18.6 Å². The lowest BCUT2D eigenvalue weighted by Crippen LogP contribution is -2.29. The van der Waals surface area contributed by atoms with Crippen LogP contribution in [0.25, 0.3) is 0 Å². The van der Waals surface area contributed by atoms with Gasteiger partial charge >= 0.3 is 0 Å². The second kappa shape index (κ2) is 4.95. The summed E-state index contributed by atoms with van der Waals surface area (Å²) in [4.78, 5) is 0. The monoisotopic (exact) mass is 228 g/mol. The molecule has 2 unspecified atom stereocenters. The standard InChI is InChI=1S/C12H14ClFO/c13-11-5-6-15-8-10(11)7-9-3-1-2-4-12(9)14/h1-4,10-11H,5-8H2. The molecule has 1 saturated heterocycles. The molecular weight excluding hydrogens is 215 g/mol. The molecule has 0 N–H and O–H groups in total. The second-order valence-electron chi connectivity index (χ2n) is 3.94. The van der Waals surface area contributed by atoms with Gasteiger partial charge in [0.25, 0.3) is 0 Å². The van der Waals surface area contributed by atoms with Crippen LogP contribution in [0.5, 0.6) is 0 Å². The van der Waals surface area contributed by atoms with E-state index in [0.29, 0.717) is 13.0 Å². The van der Waals surface area contributed by atoms with Gasteiger partial charge in [-0.15, -0.1) is 11.6 Å². The van der Waals surface area contributed by atoms with Gasteiger partial charge in [0, 0.05) is 17.9 Å². The van der Waals surface area contributed by atoms with Crippen LogP contribution in [0.2, 0.25) is 0 Å². The third-order valence-electron chi connectivity index (χ3n) is 2.82. The van der Waals surface area contributed by atoms with E-state index in [1.165, 1.54) is 6.07 Å². The van der Waals surface area contributed by atoms with Crippen LogP contribution in [0.15, 0.2) is 24.3 Å². The molecule has 82 valence electrons. The molecule has 0 aromatic heterocycles. The highest BCUT2D eigenvalue weighted by molar-refractivity contribution is 6.20. The van der Waals surface area contributed by atoms with Crippen LogP contribution >= 0.6 is 11.6 Å². The minimum atomic E-state index is -0.146. The average molecular weight is 229 g/mol. The summed E-state index contributed by atoms with van der Waals surface area (Å²) in [7, 11) is 0. The predicted octanol–water partition coefficient (Wildman–Crippen LogP) is 3.01. The molecule has 15 heavy (non-hydrogen) atoms. The van der Waals surface area contributed by atoms with Crippen molar-refractivity contribution in [3.05, 3.63) is 35.6 Å². The molecule has 0 saturated carbocycles. The van der Waals surface area contributed by atoms with Gasteiger partial charge in [-0.25, -0.2) is 4.39 Å². The van der Waals surface area contributed by atoms with Crippen LogP contribution in [0.4, 0.5) is 4.39 Å². The summed E-state index contributed by atoms with van der Waals surface area (Å²) in [5.74, 6) is 0.0873. The van der Waals surface area contributed by atoms with E-state index < -0.39 is 0 Å². The minimum absolute atomic E-state index is 0.110. The van der Waals surface area contributed by atoms with Crippen molar-refractivity contribution in [2.45, 2.75) is 18.2 Å². The molecule has 0 spiro atoms. The molecule has 1 aromatic rings. The maximum atomic E-state index is 13.4. The fourth-order valence-electron chi connectivity index (χ4n) is 1.90. The van der Waals surface area contributed by atoms with Crippen molar-refractivity contribution in [1.82, 2.24) is 0 Å². The summed E-state index contributed by atoms with van der Waals surface area (Å²) < 4.78 is 18.7. The van der Waals surface area contributed by atoms with E-state index >= 15 is 0 Å². The number of rotatable bonds is 2. The molecular formula is C12H14ClFO. The number of hydrogen-bond acceptors (Lipinski definition) is 1. The van der Waals surface area contributed by atoms with Gasteiger partial charge in [-0.1, -0.05) is 18.2 Å². The molecule has 2 rings (SSSR count). The van der Waals surface area contributed by atoms with E-state index in [4.69, 9.17) is 16.3 Å². The number of alkyl halides is 1. The molecule has 1 nitrogen and oxygen atoms in total. The zero-order valence-electron chi connectivity index (χ0n) is 8.46. The fraction of sp³-hybridized carbons (Fsp3) is 0.500. The SMILES string of the molecule is Fc1ccccc1CC1COCCC1Cl. The van der Waals surface area contributed by atoms with Gasteiger partial charge < -0.3 is 4.74 Å². The molecule has 0 aliphatic carbocycles. The topological polar surface area (TPSA) is 9.23 Å². The number of benzene rings is 1. The Morgan fingerprint density at radius 1 is 1.40 bits per heavy atom. The normalized spacial score (nSPS) is 26.5. The lowest BCUT2D eigenvalue weighted by atomic mass is 9.93. The van der Waals surface area contributed by atoms with E-state index in [9.17, 15) is 4.39 Å². The Balaban J connectivity index is 2.04. The molecule has 1 aliphatic heterocycles. The summed E-state index contributed by atoms with van der Waals surface area (Å²) in [5.41, 5.74) is 0.735. The number of hydrogen-bond donors (Lipinski definition) is 0. The van der Waals surface area contributed by atoms with Crippen LogP contribution in [0.3, 0.4) is 0 Å². The highest BCUT2D eigenvalue weighted by Crippen LogP contribution is 2.24. The summed E-state index contributed by atoms with van der Waals surface area (Å²) in [5, 5.41) is 0.110. The van der Waals surface area contributed by atoms with Crippen molar-refractivity contribution in [3.8, 4) is 0 Å². The third kappa shape index (κ3) is 2.70. The Morgan fingerprint density at radius 3 is 2.93 bits per heavy atom. The second-order valence-corrected chi connectivity index (χ2v) is 4.50. The highest BCUT2D eigenvalue weighted by Gasteiger charge is 2.24. The Bertz CT molecular complexity index is 329. The van der Waals surface area contributed by atoms with Crippen molar-refractivity contribution in [3.63, 3.8) is 0 Å². The lowest BCUT2D eigenvalue weighted by molar-refractivity contribution is 0.0575. The van der Waals surface area contributed by atoms with E-state index in [1.54, 1.807) is 6.07 Å². The molecule has 3 heteroatoms. The van der Waals surface area contributed by atoms with Gasteiger partial charge in [-0.3, -0.25) is 0 Å². The number of halogens is 2. The summed E-state index contributed by atoms with van der Waals surface area (Å²) in [6.45, 7) is 1.37. The van der Waals surface area contributed by atoms with E-state index in [2.05, 4.69) is 0 Å². The van der Waals surface area contributed by atoms with Crippen molar-refractivity contribution in [1.29, 1.82) is 0 Å². The first-order valence-corrected chi connectivity index (χ1v) is 5.66. The van der Waals surface area contributed by atoms with Gasteiger partial charge in [-0.05, 0) is 24.5 Å². The Hall–Kier alpha value is -0.600. The molecule has 1 fully saturated rings. The molecule has 1 aromatic carbocycles. The quantitative estimate of drug-likeness (QED) is 0.707. The predicted molar refractivity (Wildman–Crippen MR) is 58.7 cm³/mol. The molecule has 0 radical (unpaired) electrons. The number of ether oxygens (including phenoxy) is 1. The minimum Gasteiger partial charge on any atom is -0.381 e. The molecule has 1 aliphatic rings. The van der Waals surface area contributed by atoms with Gasteiger partial charge in [0.15, 0.2) is 0 Å². The van der Waals surface area contributed by atoms with Gasteiger partial charge in [0.2, 0.25) is 0 Å². The van der Waals surface area contributed by atoms with Crippen LogP contribution in [0.1, 0.15) is 12.0 Å². The summed E-state index contributed by atoms with van der Waals surface area (Å²) in [6.07, 6.45) is 1.53. The maximum absolute atomic E-state index is 13.4.